The molecule has 0 bridgehead atoms. The summed E-state index contributed by atoms with van der Waals surface area (Å²) in [6, 6.07) is 16.9. The number of hydrogen-bond acceptors (Lipinski definition) is 3. The summed E-state index contributed by atoms with van der Waals surface area (Å²) in [5.74, 6) is -0.0680. The minimum absolute atomic E-state index is 0.0927. The van der Waals surface area contributed by atoms with Crippen LogP contribution in [-0.4, -0.2) is 5.91 Å². The quantitative estimate of drug-likeness (QED) is 0.658. The molecule has 0 atom stereocenters. The fourth-order valence-corrected chi connectivity index (χ4v) is 2.30. The smallest absolute Gasteiger partial charge is 0.259 e. The van der Waals surface area contributed by atoms with Crippen molar-refractivity contribution in [2.45, 2.75) is 6.61 Å². The van der Waals surface area contributed by atoms with Gasteiger partial charge < -0.3 is 10.5 Å². The van der Waals surface area contributed by atoms with Crippen molar-refractivity contribution in [1.82, 2.24) is 0 Å². The lowest BCUT2D eigenvalue weighted by atomic mass is 10.1. The fraction of sp³-hybridized carbons (Fsp3) is 0.0588. The van der Waals surface area contributed by atoms with Gasteiger partial charge in [-0.3, -0.25) is 4.79 Å². The van der Waals surface area contributed by atoms with Gasteiger partial charge in [0.05, 0.1) is 4.47 Å². The normalized spacial score (nSPS) is 10.8. The Morgan fingerprint density at radius 1 is 1.27 bits per heavy atom. The van der Waals surface area contributed by atoms with Gasteiger partial charge in [0, 0.05) is 0 Å². The summed E-state index contributed by atoms with van der Waals surface area (Å²) in [5, 5.41) is 8.84. The number of ether oxygens (including phenoxy) is 1. The lowest BCUT2D eigenvalue weighted by Gasteiger charge is -2.09. The van der Waals surface area contributed by atoms with Gasteiger partial charge in [-0.15, -0.1) is 0 Å². The molecule has 4 nitrogen and oxygen atoms in total. The SMILES string of the molecule is N#C/C(=C\c1ccc(OCc2ccccc2)c(Br)c1)C(N)=O. The number of rotatable bonds is 5. The van der Waals surface area contributed by atoms with Crippen molar-refractivity contribution in [3.63, 3.8) is 0 Å². The van der Waals surface area contributed by atoms with Crippen molar-refractivity contribution >= 4 is 27.9 Å². The molecule has 0 radical (unpaired) electrons. The topological polar surface area (TPSA) is 76.1 Å². The lowest BCUT2D eigenvalue weighted by molar-refractivity contribution is -0.114. The number of benzene rings is 2. The highest BCUT2D eigenvalue weighted by atomic mass is 79.9. The molecule has 0 spiro atoms. The van der Waals surface area contributed by atoms with E-state index in [2.05, 4.69) is 15.9 Å². The van der Waals surface area contributed by atoms with Crippen LogP contribution < -0.4 is 10.5 Å². The van der Waals surface area contributed by atoms with Crippen molar-refractivity contribution in [3.05, 3.63) is 69.7 Å². The van der Waals surface area contributed by atoms with E-state index in [1.165, 1.54) is 6.08 Å². The molecule has 0 fully saturated rings. The van der Waals surface area contributed by atoms with E-state index >= 15 is 0 Å². The Bertz CT molecular complexity index is 749. The van der Waals surface area contributed by atoms with E-state index < -0.39 is 5.91 Å². The molecule has 2 aromatic rings. The van der Waals surface area contributed by atoms with Gasteiger partial charge in [-0.25, -0.2) is 0 Å². The summed E-state index contributed by atoms with van der Waals surface area (Å²) in [5.41, 5.74) is 6.77. The van der Waals surface area contributed by atoms with Gasteiger partial charge in [0.2, 0.25) is 0 Å². The van der Waals surface area contributed by atoms with Crippen molar-refractivity contribution in [2.24, 2.45) is 5.73 Å². The second-order valence-corrected chi connectivity index (χ2v) is 5.35. The van der Waals surface area contributed by atoms with Crippen LogP contribution in [0.4, 0.5) is 0 Å². The molecule has 0 saturated carbocycles. The number of nitrogens with two attached hydrogens (primary N) is 1. The van der Waals surface area contributed by atoms with E-state index in [0.717, 1.165) is 10.0 Å². The van der Waals surface area contributed by atoms with Crippen LogP contribution in [0.15, 0.2) is 58.6 Å². The van der Waals surface area contributed by atoms with Crippen LogP contribution in [0.3, 0.4) is 0 Å². The third-order valence-electron chi connectivity index (χ3n) is 2.89. The molecule has 0 aliphatic rings. The van der Waals surface area contributed by atoms with Crippen LogP contribution >= 0.6 is 15.9 Å². The van der Waals surface area contributed by atoms with Gasteiger partial charge in [-0.2, -0.15) is 5.26 Å². The average molecular weight is 357 g/mol. The number of carbonyl (C=O) groups excluding carboxylic acids is 1. The number of halogens is 1. The summed E-state index contributed by atoms with van der Waals surface area (Å²) < 4.78 is 6.47. The van der Waals surface area contributed by atoms with Crippen molar-refractivity contribution in [1.29, 1.82) is 5.26 Å². The number of nitriles is 1. The zero-order valence-corrected chi connectivity index (χ0v) is 13.2. The van der Waals surface area contributed by atoms with Gasteiger partial charge in [-0.1, -0.05) is 36.4 Å². The molecular formula is C17H13BrN2O2. The van der Waals surface area contributed by atoms with Crippen molar-refractivity contribution in [3.8, 4) is 11.8 Å². The van der Waals surface area contributed by atoms with Gasteiger partial charge >= 0.3 is 0 Å². The first kappa shape index (κ1) is 15.8. The van der Waals surface area contributed by atoms with Crippen molar-refractivity contribution < 1.29 is 9.53 Å². The zero-order chi connectivity index (χ0) is 15.9. The van der Waals surface area contributed by atoms with Crippen molar-refractivity contribution in [2.75, 3.05) is 0 Å². The Morgan fingerprint density at radius 2 is 2.00 bits per heavy atom. The number of amides is 1. The molecule has 5 heteroatoms. The lowest BCUT2D eigenvalue weighted by Crippen LogP contribution is -2.12. The summed E-state index contributed by atoms with van der Waals surface area (Å²) in [4.78, 5) is 11.0. The highest BCUT2D eigenvalue weighted by Crippen LogP contribution is 2.27. The number of hydrogen-bond donors (Lipinski definition) is 1. The van der Waals surface area contributed by atoms with Gasteiger partial charge in [0.15, 0.2) is 0 Å². The molecule has 2 rings (SSSR count). The molecule has 110 valence electrons. The molecule has 22 heavy (non-hydrogen) atoms. The Morgan fingerprint density at radius 3 is 2.59 bits per heavy atom. The first-order chi connectivity index (χ1) is 10.6. The largest absolute Gasteiger partial charge is 0.488 e. The van der Waals surface area contributed by atoms with E-state index in [1.807, 2.05) is 30.3 Å². The van der Waals surface area contributed by atoms with E-state index in [4.69, 9.17) is 15.7 Å². The number of nitrogens with zero attached hydrogens (tertiary/aromatic N) is 1. The predicted octanol–water partition coefficient (Wildman–Crippen LogP) is 3.42. The Hall–Kier alpha value is -2.58. The van der Waals surface area contributed by atoms with Gasteiger partial charge in [0.1, 0.15) is 24.0 Å². The predicted molar refractivity (Wildman–Crippen MR) is 87.7 cm³/mol. The molecule has 0 aromatic heterocycles. The minimum Gasteiger partial charge on any atom is -0.488 e. The fourth-order valence-electron chi connectivity index (χ4n) is 1.78. The first-order valence-electron chi connectivity index (χ1n) is 6.48. The molecule has 0 aliphatic carbocycles. The zero-order valence-electron chi connectivity index (χ0n) is 11.6. The average Bonchev–Trinajstić information content (AvgIpc) is 2.52. The van der Waals surface area contributed by atoms with Crippen LogP contribution in [0.2, 0.25) is 0 Å². The molecule has 2 aromatic carbocycles. The summed E-state index contributed by atoms with van der Waals surface area (Å²) in [6.07, 6.45) is 1.44. The van der Waals surface area contributed by atoms with Crippen LogP contribution in [0.1, 0.15) is 11.1 Å². The third-order valence-corrected chi connectivity index (χ3v) is 3.51. The highest BCUT2D eigenvalue weighted by molar-refractivity contribution is 9.10. The van der Waals surface area contributed by atoms with Crippen LogP contribution in [0, 0.1) is 11.3 Å². The maximum absolute atomic E-state index is 11.0. The van der Waals surface area contributed by atoms with E-state index in [-0.39, 0.29) is 5.57 Å². The molecule has 0 unspecified atom stereocenters. The summed E-state index contributed by atoms with van der Waals surface area (Å²) >= 11 is 3.42. The van der Waals surface area contributed by atoms with Crippen LogP contribution in [0.25, 0.3) is 6.08 Å². The standard InChI is InChI=1S/C17H13BrN2O2/c18-15-9-13(8-14(10-19)17(20)21)6-7-16(15)22-11-12-4-2-1-3-5-12/h1-9H,11H2,(H2,20,21)/b14-8+. The van der Waals surface area contributed by atoms with E-state index in [9.17, 15) is 4.79 Å². The summed E-state index contributed by atoms with van der Waals surface area (Å²) in [6.45, 7) is 0.458. The monoisotopic (exact) mass is 356 g/mol. The maximum Gasteiger partial charge on any atom is 0.259 e. The summed E-state index contributed by atoms with van der Waals surface area (Å²) in [7, 11) is 0. The van der Waals surface area contributed by atoms with E-state index in [1.54, 1.807) is 24.3 Å². The molecule has 2 N–H and O–H groups in total. The molecule has 0 aliphatic heterocycles. The van der Waals surface area contributed by atoms with Crippen LogP contribution in [0.5, 0.6) is 5.75 Å². The van der Waals surface area contributed by atoms with Gasteiger partial charge in [-0.05, 0) is 45.3 Å². The van der Waals surface area contributed by atoms with Crippen LogP contribution in [-0.2, 0) is 11.4 Å². The first-order valence-corrected chi connectivity index (χ1v) is 7.27. The Kier molecular flexibility index (Phi) is 5.34. The minimum atomic E-state index is -0.747. The second-order valence-electron chi connectivity index (χ2n) is 4.50. The molecular weight excluding hydrogens is 344 g/mol. The Balaban J connectivity index is 2.13. The number of carbonyl (C=O) groups is 1. The third kappa shape index (κ3) is 4.21. The molecule has 0 saturated heterocycles. The number of primary amides is 1. The van der Waals surface area contributed by atoms with Gasteiger partial charge in [0.25, 0.3) is 5.91 Å². The van der Waals surface area contributed by atoms with E-state index in [0.29, 0.717) is 17.9 Å². The molecule has 1 amide bonds. The molecule has 0 heterocycles. The maximum atomic E-state index is 11.0. The Labute approximate surface area is 136 Å². The highest BCUT2D eigenvalue weighted by Gasteiger charge is 2.06. The second kappa shape index (κ2) is 7.43.